The van der Waals surface area contributed by atoms with Gasteiger partial charge in [0.2, 0.25) is 5.88 Å². The van der Waals surface area contributed by atoms with Crippen LogP contribution in [0.4, 0.5) is 8.78 Å². The number of aryl methyl sites for hydroxylation is 2. The summed E-state index contributed by atoms with van der Waals surface area (Å²) < 4.78 is 47.3. The van der Waals surface area contributed by atoms with Gasteiger partial charge in [-0.15, -0.1) is 0 Å². The Kier molecular flexibility index (Phi) is 11.8. The number of ether oxygens (including phenoxy) is 2. The largest absolute Gasteiger partial charge is 0.472 e. The molecule has 0 saturated heterocycles. The third-order valence-corrected chi connectivity index (χ3v) is 12.7. The lowest BCUT2D eigenvalue weighted by atomic mass is 10.0. The van der Waals surface area contributed by atoms with Crippen molar-refractivity contribution in [1.82, 2.24) is 9.97 Å². The summed E-state index contributed by atoms with van der Waals surface area (Å²) in [5.74, 6) is -0.694. The third kappa shape index (κ3) is 9.18. The Morgan fingerprint density at radius 1 is 0.721 bits per heavy atom. The topological polar surface area (TPSA) is 53.5 Å². The van der Waals surface area contributed by atoms with Gasteiger partial charge in [0, 0.05) is 6.07 Å². The van der Waals surface area contributed by atoms with Crippen LogP contribution in [0.3, 0.4) is 0 Å². The standard InChI is InChI=1S/C35H42F2N2O3Si/c1-5-43(6-2,7-3)42-32(20-14-19-29-21-30(36)23-31(37)22-29)33-26(4)38-35(41-25-28-17-12-9-13-18-28)39-34(33)40-24-27-15-10-8-11-16-27/h8-13,15-18,21-23,32H,5-7,14,19-20,24-25H2,1-4H3. The Bertz CT molecular complexity index is 1410. The van der Waals surface area contributed by atoms with Crippen LogP contribution in [-0.4, -0.2) is 18.3 Å². The summed E-state index contributed by atoms with van der Waals surface area (Å²) in [6.45, 7) is 9.19. The zero-order valence-electron chi connectivity index (χ0n) is 25.6. The van der Waals surface area contributed by atoms with Gasteiger partial charge in [-0.2, -0.15) is 9.97 Å². The maximum absolute atomic E-state index is 13.9. The Balaban J connectivity index is 1.67. The molecule has 3 aromatic carbocycles. The first-order valence-corrected chi connectivity index (χ1v) is 17.7. The fourth-order valence-corrected chi connectivity index (χ4v) is 8.17. The average Bonchev–Trinajstić information content (AvgIpc) is 3.01. The predicted octanol–water partition coefficient (Wildman–Crippen LogP) is 9.31. The molecule has 1 heterocycles. The quantitative estimate of drug-likeness (QED) is 0.119. The highest BCUT2D eigenvalue weighted by atomic mass is 28.4. The molecule has 1 aromatic heterocycles. The summed E-state index contributed by atoms with van der Waals surface area (Å²) in [6, 6.07) is 26.7. The zero-order valence-corrected chi connectivity index (χ0v) is 26.6. The zero-order chi connectivity index (χ0) is 30.7. The lowest BCUT2D eigenvalue weighted by Gasteiger charge is -2.34. The number of hydrogen-bond acceptors (Lipinski definition) is 5. The highest BCUT2D eigenvalue weighted by Crippen LogP contribution is 2.39. The first kappa shape index (κ1) is 32.3. The van der Waals surface area contributed by atoms with Gasteiger partial charge in [-0.1, -0.05) is 81.4 Å². The smallest absolute Gasteiger partial charge is 0.320 e. The minimum absolute atomic E-state index is 0.243. The van der Waals surface area contributed by atoms with Crippen LogP contribution in [0, 0.1) is 18.6 Å². The van der Waals surface area contributed by atoms with E-state index in [4.69, 9.17) is 23.9 Å². The van der Waals surface area contributed by atoms with Crippen molar-refractivity contribution in [1.29, 1.82) is 0 Å². The minimum atomic E-state index is -2.08. The van der Waals surface area contributed by atoms with Crippen LogP contribution in [0.5, 0.6) is 11.9 Å². The molecule has 0 aliphatic carbocycles. The molecular formula is C35H42F2N2O3Si. The van der Waals surface area contributed by atoms with E-state index >= 15 is 0 Å². The van der Waals surface area contributed by atoms with Gasteiger partial charge in [0.25, 0.3) is 0 Å². The van der Waals surface area contributed by atoms with E-state index in [9.17, 15) is 8.78 Å². The third-order valence-electron chi connectivity index (χ3n) is 8.01. The van der Waals surface area contributed by atoms with E-state index in [0.29, 0.717) is 43.9 Å². The van der Waals surface area contributed by atoms with Crippen LogP contribution < -0.4 is 9.47 Å². The molecule has 0 aliphatic heterocycles. The van der Waals surface area contributed by atoms with Crippen LogP contribution in [0.15, 0.2) is 78.9 Å². The van der Waals surface area contributed by atoms with Gasteiger partial charge in [-0.25, -0.2) is 8.78 Å². The van der Waals surface area contributed by atoms with Crippen LogP contribution in [-0.2, 0) is 24.1 Å². The molecule has 0 bridgehead atoms. The lowest BCUT2D eigenvalue weighted by molar-refractivity contribution is 0.164. The fourth-order valence-electron chi connectivity index (χ4n) is 5.33. The van der Waals surface area contributed by atoms with Gasteiger partial charge in [-0.3, -0.25) is 0 Å². The predicted molar refractivity (Wildman–Crippen MR) is 169 cm³/mol. The van der Waals surface area contributed by atoms with Gasteiger partial charge in [0.15, 0.2) is 8.32 Å². The van der Waals surface area contributed by atoms with E-state index in [1.807, 2.05) is 67.6 Å². The lowest BCUT2D eigenvalue weighted by Crippen LogP contribution is -2.37. The maximum atomic E-state index is 13.9. The highest BCUT2D eigenvalue weighted by molar-refractivity contribution is 6.73. The fraction of sp³-hybridized carbons (Fsp3) is 0.371. The van der Waals surface area contributed by atoms with Gasteiger partial charge >= 0.3 is 6.01 Å². The Morgan fingerprint density at radius 2 is 1.28 bits per heavy atom. The van der Waals surface area contributed by atoms with Crippen LogP contribution >= 0.6 is 0 Å². The van der Waals surface area contributed by atoms with Gasteiger partial charge < -0.3 is 13.9 Å². The second kappa shape index (κ2) is 15.7. The second-order valence-corrected chi connectivity index (χ2v) is 15.6. The monoisotopic (exact) mass is 604 g/mol. The van der Waals surface area contributed by atoms with Crippen LogP contribution in [0.1, 0.15) is 67.7 Å². The van der Waals surface area contributed by atoms with Crippen molar-refractivity contribution in [3.05, 3.63) is 118 Å². The van der Waals surface area contributed by atoms with E-state index in [1.54, 1.807) is 0 Å². The van der Waals surface area contributed by atoms with Gasteiger partial charge in [-0.05, 0) is 73.1 Å². The molecule has 0 aliphatic rings. The molecule has 5 nitrogen and oxygen atoms in total. The molecule has 4 rings (SSSR count). The van der Waals surface area contributed by atoms with Crippen molar-refractivity contribution in [3.8, 4) is 11.9 Å². The molecule has 0 spiro atoms. The van der Waals surface area contributed by atoms with E-state index in [1.165, 1.54) is 12.1 Å². The summed E-state index contributed by atoms with van der Waals surface area (Å²) in [5.41, 5.74) is 4.19. The number of halogens is 2. The van der Waals surface area contributed by atoms with Crippen molar-refractivity contribution < 1.29 is 22.7 Å². The summed E-state index contributed by atoms with van der Waals surface area (Å²) in [5, 5.41) is 0. The van der Waals surface area contributed by atoms with E-state index in [2.05, 4.69) is 20.8 Å². The van der Waals surface area contributed by atoms with E-state index in [-0.39, 0.29) is 12.1 Å². The molecule has 0 N–H and O–H groups in total. The second-order valence-electron chi connectivity index (χ2n) is 10.9. The van der Waals surface area contributed by atoms with Crippen LogP contribution in [0.25, 0.3) is 0 Å². The number of benzene rings is 3. The normalized spacial score (nSPS) is 12.2. The molecule has 0 amide bonds. The molecule has 0 saturated carbocycles. The molecule has 1 unspecified atom stereocenters. The Hall–Kier alpha value is -3.62. The van der Waals surface area contributed by atoms with E-state index < -0.39 is 20.0 Å². The first-order valence-electron chi connectivity index (χ1n) is 15.2. The van der Waals surface area contributed by atoms with Crippen molar-refractivity contribution >= 4 is 8.32 Å². The summed E-state index contributed by atoms with van der Waals surface area (Å²) in [4.78, 5) is 9.51. The number of rotatable bonds is 16. The summed E-state index contributed by atoms with van der Waals surface area (Å²) in [7, 11) is -2.08. The average molecular weight is 605 g/mol. The number of aromatic nitrogens is 2. The number of nitrogens with zero attached hydrogens (tertiary/aromatic N) is 2. The van der Waals surface area contributed by atoms with Crippen LogP contribution in [0.2, 0.25) is 18.1 Å². The number of hydrogen-bond donors (Lipinski definition) is 0. The molecule has 1 atom stereocenters. The molecule has 0 radical (unpaired) electrons. The maximum Gasteiger partial charge on any atom is 0.320 e. The first-order chi connectivity index (χ1) is 20.8. The molecule has 4 aromatic rings. The van der Waals surface area contributed by atoms with E-state index in [0.717, 1.165) is 46.6 Å². The Morgan fingerprint density at radius 3 is 1.84 bits per heavy atom. The molecule has 0 fully saturated rings. The molecule has 8 heteroatoms. The summed E-state index contributed by atoms with van der Waals surface area (Å²) >= 11 is 0. The molecular weight excluding hydrogens is 562 g/mol. The van der Waals surface area contributed by atoms with Gasteiger partial charge in [0.05, 0.1) is 17.4 Å². The summed E-state index contributed by atoms with van der Waals surface area (Å²) in [6.07, 6.45) is 1.48. The van der Waals surface area contributed by atoms with Gasteiger partial charge in [0.1, 0.15) is 24.8 Å². The van der Waals surface area contributed by atoms with Crippen molar-refractivity contribution in [2.24, 2.45) is 0 Å². The SMILES string of the molecule is CC[Si](CC)(CC)OC(CCCc1cc(F)cc(F)c1)c1c(C)nc(OCc2ccccc2)nc1OCc1ccccc1. The van der Waals surface area contributed by atoms with Crippen molar-refractivity contribution in [3.63, 3.8) is 0 Å². The highest BCUT2D eigenvalue weighted by Gasteiger charge is 2.35. The van der Waals surface area contributed by atoms with Crippen molar-refractivity contribution in [2.45, 2.75) is 84.4 Å². The molecule has 228 valence electrons. The van der Waals surface area contributed by atoms with Crippen molar-refractivity contribution in [2.75, 3.05) is 0 Å². The Labute approximate surface area is 255 Å². The minimum Gasteiger partial charge on any atom is -0.472 e. The molecule has 43 heavy (non-hydrogen) atoms.